The molecule has 8 nitrogen and oxygen atoms in total. The summed E-state index contributed by atoms with van der Waals surface area (Å²) in [5, 5.41) is 4.28. The number of ether oxygens (including phenoxy) is 1. The van der Waals surface area contributed by atoms with E-state index in [1.54, 1.807) is 14.5 Å². The molecule has 0 bridgehead atoms. The molecule has 0 spiro atoms. The zero-order chi connectivity index (χ0) is 20.6. The number of nitrogens with zero attached hydrogens (tertiary/aromatic N) is 5. The molecule has 2 aromatic rings. The number of likely N-dealkylation sites (tertiary alicyclic amines) is 1. The van der Waals surface area contributed by atoms with Gasteiger partial charge in [0.05, 0.1) is 18.6 Å². The van der Waals surface area contributed by atoms with E-state index < -0.39 is 5.41 Å². The van der Waals surface area contributed by atoms with E-state index >= 15 is 0 Å². The Kier molecular flexibility index (Phi) is 5.12. The lowest BCUT2D eigenvalue weighted by atomic mass is 9.79. The molecular formula is C21H27N5O3. The zero-order valence-corrected chi connectivity index (χ0v) is 17.2. The second-order valence-electron chi connectivity index (χ2n) is 8.15. The van der Waals surface area contributed by atoms with E-state index in [1.807, 2.05) is 51.2 Å². The molecule has 0 radical (unpaired) electrons. The molecule has 2 fully saturated rings. The number of rotatable bonds is 5. The fourth-order valence-electron chi connectivity index (χ4n) is 4.48. The zero-order valence-electron chi connectivity index (χ0n) is 17.2. The van der Waals surface area contributed by atoms with Gasteiger partial charge in [0.25, 0.3) is 0 Å². The van der Waals surface area contributed by atoms with Gasteiger partial charge in [0, 0.05) is 32.6 Å². The first-order valence-electron chi connectivity index (χ1n) is 9.92. The smallest absolute Gasteiger partial charge is 0.244 e. The molecule has 2 aliphatic heterocycles. The molecule has 2 aliphatic rings. The van der Waals surface area contributed by atoms with Gasteiger partial charge >= 0.3 is 0 Å². The summed E-state index contributed by atoms with van der Waals surface area (Å²) in [6.45, 7) is 6.13. The van der Waals surface area contributed by atoms with E-state index in [-0.39, 0.29) is 24.3 Å². The Morgan fingerprint density at radius 3 is 2.72 bits per heavy atom. The highest BCUT2D eigenvalue weighted by molar-refractivity contribution is 5.86. The highest BCUT2D eigenvalue weighted by Crippen LogP contribution is 2.43. The van der Waals surface area contributed by atoms with Crippen molar-refractivity contribution in [3.05, 3.63) is 47.5 Å². The molecule has 2 amide bonds. The van der Waals surface area contributed by atoms with E-state index in [0.717, 1.165) is 5.56 Å². The van der Waals surface area contributed by atoms with Crippen molar-refractivity contribution in [3.8, 4) is 0 Å². The van der Waals surface area contributed by atoms with Gasteiger partial charge in [-0.1, -0.05) is 30.3 Å². The van der Waals surface area contributed by atoms with E-state index in [1.165, 1.54) is 0 Å². The molecule has 3 heterocycles. The van der Waals surface area contributed by atoms with E-state index in [4.69, 9.17) is 4.74 Å². The van der Waals surface area contributed by atoms with Crippen LogP contribution in [0, 0.1) is 25.2 Å². The normalized spacial score (nSPS) is 23.3. The standard InChI is InChI=1S/C21H27N5O3/c1-15-22-16(2)26(23-15)11-19(27)25-10-18-12-29-14-21(18,13-25)20(28)24(3)9-17-7-5-4-6-8-17/h4-8,18H,9-14H2,1-3H3/t18-,21-/m0/s1. The van der Waals surface area contributed by atoms with Gasteiger partial charge in [-0.2, -0.15) is 5.10 Å². The lowest BCUT2D eigenvalue weighted by molar-refractivity contribution is -0.142. The number of carbonyl (C=O) groups is 2. The maximum absolute atomic E-state index is 13.4. The van der Waals surface area contributed by atoms with E-state index in [2.05, 4.69) is 10.1 Å². The Bertz CT molecular complexity index is 912. The van der Waals surface area contributed by atoms with Gasteiger partial charge < -0.3 is 14.5 Å². The third-order valence-corrected chi connectivity index (χ3v) is 6.01. The molecule has 154 valence electrons. The fourth-order valence-corrected chi connectivity index (χ4v) is 4.48. The Hall–Kier alpha value is -2.74. The van der Waals surface area contributed by atoms with Crippen LogP contribution in [0.3, 0.4) is 0 Å². The van der Waals surface area contributed by atoms with Crippen LogP contribution in [0.1, 0.15) is 17.2 Å². The summed E-state index contributed by atoms with van der Waals surface area (Å²) in [6, 6.07) is 9.92. The summed E-state index contributed by atoms with van der Waals surface area (Å²) < 4.78 is 7.32. The largest absolute Gasteiger partial charge is 0.380 e. The summed E-state index contributed by atoms with van der Waals surface area (Å²) in [5.41, 5.74) is 0.421. The lowest BCUT2D eigenvalue weighted by Crippen LogP contribution is -2.47. The second kappa shape index (κ2) is 7.59. The van der Waals surface area contributed by atoms with Crippen LogP contribution >= 0.6 is 0 Å². The number of hydrogen-bond acceptors (Lipinski definition) is 5. The highest BCUT2D eigenvalue weighted by atomic mass is 16.5. The minimum Gasteiger partial charge on any atom is -0.380 e. The lowest BCUT2D eigenvalue weighted by Gasteiger charge is -2.31. The molecular weight excluding hydrogens is 370 g/mol. The van der Waals surface area contributed by atoms with Crippen LogP contribution in [0.25, 0.3) is 0 Å². The van der Waals surface area contributed by atoms with Crippen LogP contribution in [0.2, 0.25) is 0 Å². The molecule has 2 atom stereocenters. The molecule has 1 aromatic heterocycles. The van der Waals surface area contributed by atoms with Crippen molar-refractivity contribution in [2.24, 2.45) is 11.3 Å². The summed E-state index contributed by atoms with van der Waals surface area (Å²) in [6.07, 6.45) is 0. The summed E-state index contributed by atoms with van der Waals surface area (Å²) in [5.74, 6) is 1.40. The van der Waals surface area contributed by atoms with E-state index in [0.29, 0.717) is 44.5 Å². The number of fused-ring (bicyclic) bond motifs is 1. The number of benzene rings is 1. The fraction of sp³-hybridized carbons (Fsp3) is 0.524. The van der Waals surface area contributed by atoms with Crippen molar-refractivity contribution < 1.29 is 14.3 Å². The Morgan fingerprint density at radius 1 is 1.28 bits per heavy atom. The molecule has 0 saturated carbocycles. The Morgan fingerprint density at radius 2 is 2.03 bits per heavy atom. The third kappa shape index (κ3) is 3.64. The Balaban J connectivity index is 1.47. The predicted molar refractivity (Wildman–Crippen MR) is 106 cm³/mol. The maximum atomic E-state index is 13.4. The first kappa shape index (κ1) is 19.6. The van der Waals surface area contributed by atoms with Crippen molar-refractivity contribution in [1.29, 1.82) is 0 Å². The van der Waals surface area contributed by atoms with Crippen molar-refractivity contribution in [3.63, 3.8) is 0 Å². The summed E-state index contributed by atoms with van der Waals surface area (Å²) >= 11 is 0. The summed E-state index contributed by atoms with van der Waals surface area (Å²) in [4.78, 5) is 34.1. The van der Waals surface area contributed by atoms with Crippen LogP contribution in [0.15, 0.2) is 30.3 Å². The highest BCUT2D eigenvalue weighted by Gasteiger charge is 2.57. The van der Waals surface area contributed by atoms with Crippen molar-refractivity contribution in [2.45, 2.75) is 26.9 Å². The number of hydrogen-bond donors (Lipinski definition) is 0. The molecule has 0 N–H and O–H groups in total. The van der Waals surface area contributed by atoms with Crippen LogP contribution in [0.5, 0.6) is 0 Å². The number of aryl methyl sites for hydroxylation is 2. The van der Waals surface area contributed by atoms with Gasteiger partial charge in [-0.25, -0.2) is 9.67 Å². The van der Waals surface area contributed by atoms with Crippen molar-refractivity contribution >= 4 is 11.8 Å². The average molecular weight is 397 g/mol. The monoisotopic (exact) mass is 397 g/mol. The molecule has 0 aliphatic carbocycles. The van der Waals surface area contributed by atoms with Gasteiger partial charge in [-0.05, 0) is 19.4 Å². The van der Waals surface area contributed by atoms with Crippen LogP contribution in [0.4, 0.5) is 0 Å². The predicted octanol–water partition coefficient (Wildman–Crippen LogP) is 1.03. The minimum atomic E-state index is -0.660. The van der Waals surface area contributed by atoms with E-state index in [9.17, 15) is 9.59 Å². The topological polar surface area (TPSA) is 80.6 Å². The molecule has 1 aromatic carbocycles. The first-order chi connectivity index (χ1) is 13.9. The summed E-state index contributed by atoms with van der Waals surface area (Å²) in [7, 11) is 1.82. The van der Waals surface area contributed by atoms with Crippen LogP contribution in [-0.4, -0.2) is 69.7 Å². The number of aromatic nitrogens is 3. The van der Waals surface area contributed by atoms with Gasteiger partial charge in [0.1, 0.15) is 18.2 Å². The molecule has 0 unspecified atom stereocenters. The number of carbonyl (C=O) groups excluding carboxylic acids is 2. The minimum absolute atomic E-state index is 0.0238. The van der Waals surface area contributed by atoms with Crippen LogP contribution < -0.4 is 0 Å². The number of amides is 2. The van der Waals surface area contributed by atoms with Gasteiger partial charge in [-0.3, -0.25) is 9.59 Å². The van der Waals surface area contributed by atoms with Crippen molar-refractivity contribution in [1.82, 2.24) is 24.6 Å². The Labute approximate surface area is 170 Å². The maximum Gasteiger partial charge on any atom is 0.244 e. The quantitative estimate of drug-likeness (QED) is 0.753. The first-order valence-corrected chi connectivity index (χ1v) is 9.92. The van der Waals surface area contributed by atoms with Crippen LogP contribution in [-0.2, 0) is 27.4 Å². The molecule has 8 heteroatoms. The van der Waals surface area contributed by atoms with Gasteiger partial charge in [0.2, 0.25) is 11.8 Å². The third-order valence-electron chi connectivity index (χ3n) is 6.01. The van der Waals surface area contributed by atoms with Gasteiger partial charge in [0.15, 0.2) is 0 Å². The molecule has 2 saturated heterocycles. The van der Waals surface area contributed by atoms with Gasteiger partial charge in [-0.15, -0.1) is 0 Å². The van der Waals surface area contributed by atoms with Crippen molar-refractivity contribution in [2.75, 3.05) is 33.4 Å². The molecule has 29 heavy (non-hydrogen) atoms. The molecule has 4 rings (SSSR count). The second-order valence-corrected chi connectivity index (χ2v) is 8.15. The SMILES string of the molecule is Cc1nc(C)n(CC(=O)N2C[C@H]3COC[C@@]3(C(=O)N(C)Cc3ccccc3)C2)n1. The average Bonchev–Trinajstić information content (AvgIpc) is 3.34.